The molecule has 0 fully saturated rings. The minimum atomic E-state index is -0.711. The number of alkyl halides is 1. The summed E-state index contributed by atoms with van der Waals surface area (Å²) >= 11 is 5.47. The Morgan fingerprint density at radius 3 is 2.65 bits per heavy atom. The summed E-state index contributed by atoms with van der Waals surface area (Å²) in [5.41, 5.74) is -0.319. The molecular formula is C10H9ClFNO4. The first-order valence-electron chi connectivity index (χ1n) is 4.58. The van der Waals surface area contributed by atoms with E-state index in [2.05, 4.69) is 4.74 Å². The Hall–Kier alpha value is -1.69. The van der Waals surface area contributed by atoms with Crippen molar-refractivity contribution in [2.45, 2.75) is 12.3 Å². The Kier molecular flexibility index (Phi) is 4.39. The number of nitro groups is 1. The molecule has 17 heavy (non-hydrogen) atoms. The largest absolute Gasteiger partial charge is 0.469 e. The monoisotopic (exact) mass is 261 g/mol. The van der Waals surface area contributed by atoms with Gasteiger partial charge in [0.15, 0.2) is 0 Å². The van der Waals surface area contributed by atoms with Crippen LogP contribution in [0.5, 0.6) is 0 Å². The predicted molar refractivity (Wildman–Crippen MR) is 58.3 cm³/mol. The third kappa shape index (κ3) is 3.13. The highest BCUT2D eigenvalue weighted by Gasteiger charge is 2.19. The first-order chi connectivity index (χ1) is 7.99. The third-order valence-electron chi connectivity index (χ3n) is 2.15. The lowest BCUT2D eigenvalue weighted by Gasteiger charge is -2.05. The molecule has 0 N–H and O–H groups in total. The van der Waals surface area contributed by atoms with Crippen LogP contribution < -0.4 is 0 Å². The van der Waals surface area contributed by atoms with Crippen LogP contribution in [0.4, 0.5) is 10.1 Å². The topological polar surface area (TPSA) is 69.4 Å². The van der Waals surface area contributed by atoms with Gasteiger partial charge in [-0.3, -0.25) is 14.9 Å². The Labute approximate surface area is 101 Å². The molecule has 0 unspecified atom stereocenters. The highest BCUT2D eigenvalue weighted by atomic mass is 35.5. The van der Waals surface area contributed by atoms with E-state index < -0.39 is 16.7 Å². The van der Waals surface area contributed by atoms with E-state index in [-0.39, 0.29) is 29.1 Å². The maximum Gasteiger partial charge on any atom is 0.310 e. The quantitative estimate of drug-likeness (QED) is 0.360. The summed E-state index contributed by atoms with van der Waals surface area (Å²) in [5, 5.41) is 10.7. The first-order valence-corrected chi connectivity index (χ1v) is 5.11. The molecule has 0 spiro atoms. The Bertz CT molecular complexity index is 464. The van der Waals surface area contributed by atoms with Gasteiger partial charge >= 0.3 is 5.97 Å². The number of ether oxygens (including phenoxy) is 1. The number of hydrogen-bond acceptors (Lipinski definition) is 4. The van der Waals surface area contributed by atoms with Gasteiger partial charge in [-0.25, -0.2) is 4.39 Å². The summed E-state index contributed by atoms with van der Waals surface area (Å²) in [7, 11) is 1.15. The molecule has 0 atom stereocenters. The number of nitrogens with zero attached hydrogens (tertiary/aromatic N) is 1. The van der Waals surface area contributed by atoms with Crippen LogP contribution >= 0.6 is 11.6 Å². The zero-order valence-electron chi connectivity index (χ0n) is 8.91. The number of esters is 1. The summed E-state index contributed by atoms with van der Waals surface area (Å²) in [6.07, 6.45) is -0.355. The minimum Gasteiger partial charge on any atom is -0.469 e. The molecule has 7 heteroatoms. The SMILES string of the molecule is COC(=O)Cc1cc([N+](=O)[O-])c(CCl)cc1F. The van der Waals surface area contributed by atoms with E-state index >= 15 is 0 Å². The summed E-state index contributed by atoms with van der Waals surface area (Å²) in [5.74, 6) is -1.56. The van der Waals surface area contributed by atoms with E-state index in [0.717, 1.165) is 19.2 Å². The zero-order valence-corrected chi connectivity index (χ0v) is 9.66. The van der Waals surface area contributed by atoms with Crippen molar-refractivity contribution in [2.24, 2.45) is 0 Å². The first kappa shape index (κ1) is 13.4. The van der Waals surface area contributed by atoms with E-state index in [9.17, 15) is 19.3 Å². The van der Waals surface area contributed by atoms with Crippen molar-refractivity contribution in [3.63, 3.8) is 0 Å². The molecule has 0 saturated carbocycles. The smallest absolute Gasteiger partial charge is 0.310 e. The number of methoxy groups -OCH3 is 1. The third-order valence-corrected chi connectivity index (χ3v) is 2.44. The molecule has 0 aromatic heterocycles. The molecule has 1 aromatic carbocycles. The van der Waals surface area contributed by atoms with Crippen LogP contribution in [0.3, 0.4) is 0 Å². The number of carbonyl (C=O) groups is 1. The maximum absolute atomic E-state index is 13.5. The van der Waals surface area contributed by atoms with Gasteiger partial charge in [0.1, 0.15) is 5.82 Å². The number of benzene rings is 1. The Morgan fingerprint density at radius 2 is 2.18 bits per heavy atom. The predicted octanol–water partition coefficient (Wildman–Crippen LogP) is 2.19. The summed E-state index contributed by atoms with van der Waals surface area (Å²) in [4.78, 5) is 21.0. The van der Waals surface area contributed by atoms with Crippen molar-refractivity contribution < 1.29 is 18.8 Å². The van der Waals surface area contributed by atoms with Gasteiger partial charge in [0.05, 0.1) is 24.3 Å². The molecule has 0 aliphatic rings. The molecule has 0 amide bonds. The molecule has 1 rings (SSSR count). The second-order valence-electron chi connectivity index (χ2n) is 3.22. The lowest BCUT2D eigenvalue weighted by molar-refractivity contribution is -0.385. The zero-order chi connectivity index (χ0) is 13.0. The Balaban J connectivity index is 3.19. The number of nitro benzene ring substituents is 1. The van der Waals surface area contributed by atoms with E-state index in [1.807, 2.05) is 0 Å². The van der Waals surface area contributed by atoms with Gasteiger partial charge in [0.25, 0.3) is 5.69 Å². The molecule has 0 bridgehead atoms. The molecule has 5 nitrogen and oxygen atoms in total. The van der Waals surface area contributed by atoms with E-state index in [1.54, 1.807) is 0 Å². The number of halogens is 2. The normalized spacial score (nSPS) is 10.1. The van der Waals surface area contributed by atoms with Crippen LogP contribution in [0.1, 0.15) is 11.1 Å². The van der Waals surface area contributed by atoms with Crippen molar-refractivity contribution in [1.82, 2.24) is 0 Å². The maximum atomic E-state index is 13.5. The van der Waals surface area contributed by atoms with Gasteiger partial charge in [-0.1, -0.05) is 0 Å². The van der Waals surface area contributed by atoms with Gasteiger partial charge in [0, 0.05) is 17.2 Å². The summed E-state index contributed by atoms with van der Waals surface area (Å²) in [6, 6.07) is 1.97. The average Bonchev–Trinajstić information content (AvgIpc) is 2.30. The molecule has 0 heterocycles. The molecule has 1 aromatic rings. The van der Waals surface area contributed by atoms with Crippen molar-refractivity contribution >= 4 is 23.3 Å². The van der Waals surface area contributed by atoms with Crippen LogP contribution in [0.25, 0.3) is 0 Å². The second-order valence-corrected chi connectivity index (χ2v) is 3.48. The second kappa shape index (κ2) is 5.58. The lowest BCUT2D eigenvalue weighted by Crippen LogP contribution is -2.07. The van der Waals surface area contributed by atoms with Crippen molar-refractivity contribution in [1.29, 1.82) is 0 Å². The van der Waals surface area contributed by atoms with Crippen LogP contribution in [0.15, 0.2) is 12.1 Å². The molecule has 0 radical (unpaired) electrons. The summed E-state index contributed by atoms with van der Waals surface area (Å²) in [6.45, 7) is 0. The molecule has 0 aliphatic carbocycles. The van der Waals surface area contributed by atoms with Crippen LogP contribution in [-0.4, -0.2) is 18.0 Å². The molecule has 92 valence electrons. The van der Waals surface area contributed by atoms with Crippen LogP contribution in [0.2, 0.25) is 0 Å². The summed E-state index contributed by atoms with van der Waals surface area (Å²) < 4.78 is 17.9. The molecule has 0 saturated heterocycles. The lowest BCUT2D eigenvalue weighted by atomic mass is 10.1. The van der Waals surface area contributed by atoms with E-state index in [4.69, 9.17) is 11.6 Å². The van der Waals surface area contributed by atoms with Gasteiger partial charge in [-0.15, -0.1) is 11.6 Å². The van der Waals surface area contributed by atoms with Crippen LogP contribution in [-0.2, 0) is 21.8 Å². The fourth-order valence-electron chi connectivity index (χ4n) is 1.29. The highest BCUT2D eigenvalue weighted by molar-refractivity contribution is 6.17. The fraction of sp³-hybridized carbons (Fsp3) is 0.300. The number of rotatable bonds is 4. The van der Waals surface area contributed by atoms with Crippen LogP contribution in [0, 0.1) is 15.9 Å². The minimum absolute atomic E-state index is 0.0720. The number of hydrogen-bond donors (Lipinski definition) is 0. The van der Waals surface area contributed by atoms with E-state index in [1.165, 1.54) is 0 Å². The molecule has 0 aliphatic heterocycles. The Morgan fingerprint density at radius 1 is 1.53 bits per heavy atom. The standard InChI is InChI=1S/C10H9ClFNO4/c1-17-10(14)4-6-3-9(13(15)16)7(5-11)2-8(6)12/h2-3H,4-5H2,1H3. The van der Waals surface area contributed by atoms with Crippen molar-refractivity contribution in [2.75, 3.05) is 7.11 Å². The van der Waals surface area contributed by atoms with Crippen molar-refractivity contribution in [3.8, 4) is 0 Å². The average molecular weight is 262 g/mol. The molecular weight excluding hydrogens is 253 g/mol. The van der Waals surface area contributed by atoms with Gasteiger partial charge in [0.2, 0.25) is 0 Å². The van der Waals surface area contributed by atoms with Crippen molar-refractivity contribution in [3.05, 3.63) is 39.2 Å². The van der Waals surface area contributed by atoms with E-state index in [0.29, 0.717) is 0 Å². The van der Waals surface area contributed by atoms with Gasteiger partial charge in [-0.05, 0) is 6.07 Å². The fourth-order valence-corrected chi connectivity index (χ4v) is 1.50. The van der Waals surface area contributed by atoms with Gasteiger partial charge < -0.3 is 4.74 Å². The number of carbonyl (C=O) groups excluding carboxylic acids is 1. The van der Waals surface area contributed by atoms with Gasteiger partial charge in [-0.2, -0.15) is 0 Å². The highest BCUT2D eigenvalue weighted by Crippen LogP contribution is 2.25.